The second-order valence-electron chi connectivity index (χ2n) is 9.61. The van der Waals surface area contributed by atoms with Crippen LogP contribution in [0.4, 0.5) is 49.6 Å². The summed E-state index contributed by atoms with van der Waals surface area (Å²) in [7, 11) is 0. The van der Waals surface area contributed by atoms with E-state index in [-0.39, 0.29) is 30.0 Å². The maximum absolute atomic E-state index is 13.2. The minimum absolute atomic E-state index is 0.0506. The number of ether oxygens (including phenoxy) is 1. The largest absolute Gasteiger partial charge is 0.454 e. The molecule has 0 saturated carbocycles. The number of nitrogens with one attached hydrogen (secondary N) is 2. The van der Waals surface area contributed by atoms with E-state index in [1.165, 1.54) is 6.07 Å². The van der Waals surface area contributed by atoms with Crippen molar-refractivity contribution < 1.29 is 35.9 Å². The molecule has 1 aliphatic rings. The van der Waals surface area contributed by atoms with Gasteiger partial charge in [-0.2, -0.15) is 41.3 Å². The lowest BCUT2D eigenvalue weighted by Gasteiger charge is -2.29. The Bertz CT molecular complexity index is 1590. The molecule has 3 aromatic carbocycles. The van der Waals surface area contributed by atoms with Crippen molar-refractivity contribution in [3.63, 3.8) is 0 Å². The van der Waals surface area contributed by atoms with Crippen LogP contribution in [0.2, 0.25) is 0 Å². The van der Waals surface area contributed by atoms with Crippen molar-refractivity contribution in [2.24, 2.45) is 0 Å². The fraction of sp³-hybridized carbons (Fsp3) is 0.241. The maximum atomic E-state index is 13.2. The molecular weight excluding hydrogens is 578 g/mol. The van der Waals surface area contributed by atoms with Crippen LogP contribution < -0.4 is 20.3 Å². The van der Waals surface area contributed by atoms with Gasteiger partial charge in [0.2, 0.25) is 11.9 Å². The summed E-state index contributed by atoms with van der Waals surface area (Å²) in [5, 5.41) is 5.39. The zero-order valence-electron chi connectivity index (χ0n) is 22.3. The molecule has 224 valence electrons. The Morgan fingerprint density at radius 1 is 0.884 bits per heavy atom. The lowest BCUT2D eigenvalue weighted by atomic mass is 10.0. The number of aromatic nitrogens is 3. The molecule has 0 aliphatic carbocycles. The summed E-state index contributed by atoms with van der Waals surface area (Å²) in [5.41, 5.74) is 2.19. The first-order chi connectivity index (χ1) is 20.4. The molecule has 0 unspecified atom stereocenters. The standard InChI is InChI=1S/C29H24F6N6O2/c30-28(31,32)17-43-27-39-25(38-26(40-27)37-22-8-3-7-21(15-22)29(33,34)35)36-16-18-10-12-20(13-11-18)24(42)41-14-4-6-19-5-1-2-9-23(19)41/h1-3,5,7-13,15H,4,6,14,16-17H2,(H2,36,37,38,39,40). The Kier molecular flexibility index (Phi) is 8.37. The van der Waals surface area contributed by atoms with Gasteiger partial charge >= 0.3 is 18.4 Å². The molecule has 8 nitrogen and oxygen atoms in total. The van der Waals surface area contributed by atoms with E-state index in [1.54, 1.807) is 29.2 Å². The first kappa shape index (κ1) is 29.6. The van der Waals surface area contributed by atoms with Gasteiger partial charge in [-0.1, -0.05) is 36.4 Å². The summed E-state index contributed by atoms with van der Waals surface area (Å²) < 4.78 is 82.2. The number of hydrogen-bond acceptors (Lipinski definition) is 7. The van der Waals surface area contributed by atoms with Crippen molar-refractivity contribution in [2.45, 2.75) is 31.7 Å². The van der Waals surface area contributed by atoms with Crippen LogP contribution in [0.25, 0.3) is 0 Å². The van der Waals surface area contributed by atoms with E-state index in [4.69, 9.17) is 0 Å². The maximum Gasteiger partial charge on any atom is 0.422 e. The molecule has 0 fully saturated rings. The van der Waals surface area contributed by atoms with Crippen molar-refractivity contribution in [3.8, 4) is 6.01 Å². The Morgan fingerprint density at radius 3 is 2.37 bits per heavy atom. The average molecular weight is 603 g/mol. The summed E-state index contributed by atoms with van der Waals surface area (Å²) in [6.45, 7) is -0.975. The van der Waals surface area contributed by atoms with E-state index in [1.807, 2.05) is 24.3 Å². The smallest absolute Gasteiger partial charge is 0.422 e. The van der Waals surface area contributed by atoms with E-state index in [0.717, 1.165) is 42.3 Å². The van der Waals surface area contributed by atoms with Gasteiger partial charge in [-0.15, -0.1) is 0 Å². The van der Waals surface area contributed by atoms with Gasteiger partial charge in [-0.3, -0.25) is 4.79 Å². The third kappa shape index (κ3) is 7.70. The number of carbonyl (C=O) groups is 1. The van der Waals surface area contributed by atoms with Crippen molar-refractivity contribution in [1.29, 1.82) is 0 Å². The fourth-order valence-corrected chi connectivity index (χ4v) is 4.45. The minimum Gasteiger partial charge on any atom is -0.454 e. The van der Waals surface area contributed by atoms with Gasteiger partial charge in [-0.05, 0) is 60.4 Å². The summed E-state index contributed by atoms with van der Waals surface area (Å²) >= 11 is 0. The van der Waals surface area contributed by atoms with Crippen LogP contribution in [-0.2, 0) is 19.1 Å². The summed E-state index contributed by atoms with van der Waals surface area (Å²) in [5.74, 6) is -0.663. The number of amides is 1. The molecule has 5 rings (SSSR count). The summed E-state index contributed by atoms with van der Waals surface area (Å²) in [4.78, 5) is 26.6. The van der Waals surface area contributed by atoms with Crippen molar-refractivity contribution in [2.75, 3.05) is 28.7 Å². The van der Waals surface area contributed by atoms with Gasteiger partial charge < -0.3 is 20.3 Å². The number of fused-ring (bicyclic) bond motifs is 1. The first-order valence-electron chi connectivity index (χ1n) is 13.1. The van der Waals surface area contributed by atoms with Crippen LogP contribution in [-0.4, -0.2) is 40.2 Å². The van der Waals surface area contributed by atoms with Gasteiger partial charge in [-0.25, -0.2) is 0 Å². The Labute approximate surface area is 241 Å². The zero-order valence-corrected chi connectivity index (χ0v) is 22.3. The second kappa shape index (κ2) is 12.2. The molecule has 43 heavy (non-hydrogen) atoms. The number of nitrogens with zero attached hydrogens (tertiary/aromatic N) is 4. The normalized spacial score (nSPS) is 13.3. The van der Waals surface area contributed by atoms with Crippen molar-refractivity contribution >= 4 is 29.2 Å². The highest BCUT2D eigenvalue weighted by Crippen LogP contribution is 2.32. The lowest BCUT2D eigenvalue weighted by molar-refractivity contribution is -0.154. The molecule has 0 spiro atoms. The van der Waals surface area contributed by atoms with Crippen LogP contribution >= 0.6 is 0 Å². The first-order valence-corrected chi connectivity index (χ1v) is 13.1. The van der Waals surface area contributed by atoms with Crippen LogP contribution in [0.15, 0.2) is 72.8 Å². The monoisotopic (exact) mass is 602 g/mol. The van der Waals surface area contributed by atoms with E-state index < -0.39 is 30.5 Å². The highest BCUT2D eigenvalue weighted by atomic mass is 19.4. The Hall–Kier alpha value is -4.88. The molecule has 1 aliphatic heterocycles. The second-order valence-corrected chi connectivity index (χ2v) is 9.61. The molecule has 1 amide bonds. The highest BCUT2D eigenvalue weighted by molar-refractivity contribution is 6.06. The van der Waals surface area contributed by atoms with Crippen LogP contribution in [0.1, 0.15) is 33.5 Å². The van der Waals surface area contributed by atoms with Crippen LogP contribution in [0.5, 0.6) is 6.01 Å². The van der Waals surface area contributed by atoms with Gasteiger partial charge in [0.25, 0.3) is 5.91 Å². The van der Waals surface area contributed by atoms with Gasteiger partial charge in [0.15, 0.2) is 6.61 Å². The number of alkyl halides is 6. The molecule has 0 bridgehead atoms. The Morgan fingerprint density at radius 2 is 1.63 bits per heavy atom. The topological polar surface area (TPSA) is 92.3 Å². The number of rotatable bonds is 8. The van der Waals surface area contributed by atoms with Crippen molar-refractivity contribution in [3.05, 3.63) is 95.1 Å². The number of carbonyl (C=O) groups excluding carboxylic acids is 1. The number of aryl methyl sites for hydroxylation is 1. The zero-order chi connectivity index (χ0) is 30.6. The quantitative estimate of drug-likeness (QED) is 0.215. The van der Waals surface area contributed by atoms with E-state index in [0.29, 0.717) is 17.7 Å². The van der Waals surface area contributed by atoms with Crippen molar-refractivity contribution in [1.82, 2.24) is 15.0 Å². The predicted octanol–water partition coefficient (Wildman–Crippen LogP) is 6.78. The molecule has 0 atom stereocenters. The van der Waals surface area contributed by atoms with Crippen LogP contribution in [0.3, 0.4) is 0 Å². The van der Waals surface area contributed by atoms with Crippen LogP contribution in [0, 0.1) is 0 Å². The predicted molar refractivity (Wildman–Crippen MR) is 146 cm³/mol. The lowest BCUT2D eigenvalue weighted by Crippen LogP contribution is -2.35. The number of benzene rings is 3. The molecule has 2 N–H and O–H groups in total. The SMILES string of the molecule is O=C(c1ccc(CNc2nc(Nc3cccc(C(F)(F)F)c3)nc(OCC(F)(F)F)n2)cc1)N1CCCc2ccccc21. The summed E-state index contributed by atoms with van der Waals surface area (Å²) in [6.07, 6.45) is -7.52. The molecule has 0 radical (unpaired) electrons. The molecule has 2 heterocycles. The third-order valence-corrected chi connectivity index (χ3v) is 6.43. The average Bonchev–Trinajstić information content (AvgIpc) is 2.98. The number of para-hydroxylation sites is 1. The molecule has 4 aromatic rings. The number of hydrogen-bond donors (Lipinski definition) is 2. The Balaban J connectivity index is 1.30. The van der Waals surface area contributed by atoms with E-state index in [9.17, 15) is 31.1 Å². The molecule has 14 heteroatoms. The fourth-order valence-electron chi connectivity index (χ4n) is 4.45. The highest BCUT2D eigenvalue weighted by Gasteiger charge is 2.31. The van der Waals surface area contributed by atoms with E-state index >= 15 is 0 Å². The minimum atomic E-state index is -4.68. The molecular formula is C29H24F6N6O2. The molecule has 1 aromatic heterocycles. The number of halogens is 6. The van der Waals surface area contributed by atoms with E-state index in [2.05, 4.69) is 30.3 Å². The number of anilines is 4. The van der Waals surface area contributed by atoms with Gasteiger partial charge in [0.1, 0.15) is 0 Å². The third-order valence-electron chi connectivity index (χ3n) is 6.43. The molecule has 0 saturated heterocycles. The summed E-state index contributed by atoms with van der Waals surface area (Å²) in [6, 6.07) is 18.0. The van der Waals surface area contributed by atoms with Gasteiger partial charge in [0, 0.05) is 30.0 Å². The van der Waals surface area contributed by atoms with Gasteiger partial charge in [0.05, 0.1) is 5.56 Å².